The van der Waals surface area contributed by atoms with E-state index < -0.39 is 0 Å². The highest BCUT2D eigenvalue weighted by Gasteiger charge is 2.25. The largest absolute Gasteiger partial charge is 0.367 e. The first-order valence-corrected chi connectivity index (χ1v) is 10.6. The lowest BCUT2D eigenvalue weighted by atomic mass is 9.96. The maximum atomic E-state index is 12.4. The summed E-state index contributed by atoms with van der Waals surface area (Å²) < 4.78 is 0. The SMILES string of the molecule is Cc1nc(CN2CCC(C(=O)NCCNc3ncc(Cl)cc3Cl)CC2)cs1. The van der Waals surface area contributed by atoms with Crippen LogP contribution in [-0.2, 0) is 11.3 Å². The quantitative estimate of drug-likeness (QED) is 0.660. The van der Waals surface area contributed by atoms with Gasteiger partial charge < -0.3 is 10.6 Å². The van der Waals surface area contributed by atoms with Crippen LogP contribution in [-0.4, -0.2) is 47.0 Å². The summed E-state index contributed by atoms with van der Waals surface area (Å²) in [7, 11) is 0. The Morgan fingerprint density at radius 1 is 1.33 bits per heavy atom. The molecule has 3 heterocycles. The number of aryl methyl sites for hydroxylation is 1. The summed E-state index contributed by atoms with van der Waals surface area (Å²) in [5.41, 5.74) is 1.13. The fourth-order valence-corrected chi connectivity index (χ4v) is 4.17. The van der Waals surface area contributed by atoms with Crippen LogP contribution in [0.25, 0.3) is 0 Å². The zero-order valence-corrected chi connectivity index (χ0v) is 17.5. The fraction of sp³-hybridized carbons (Fsp3) is 0.500. The molecule has 1 aliphatic rings. The summed E-state index contributed by atoms with van der Waals surface area (Å²) >= 11 is 13.6. The highest BCUT2D eigenvalue weighted by Crippen LogP contribution is 2.22. The molecule has 6 nitrogen and oxygen atoms in total. The van der Waals surface area contributed by atoms with E-state index in [1.54, 1.807) is 17.4 Å². The number of anilines is 1. The van der Waals surface area contributed by atoms with Crippen LogP contribution >= 0.6 is 34.5 Å². The van der Waals surface area contributed by atoms with Crippen LogP contribution in [0.15, 0.2) is 17.6 Å². The normalized spacial score (nSPS) is 15.7. The number of piperidine rings is 1. The molecule has 2 aromatic rings. The third kappa shape index (κ3) is 6.04. The molecule has 27 heavy (non-hydrogen) atoms. The average molecular weight is 428 g/mol. The third-order valence-electron chi connectivity index (χ3n) is 4.54. The van der Waals surface area contributed by atoms with Gasteiger partial charge in [-0.3, -0.25) is 9.69 Å². The van der Waals surface area contributed by atoms with Crippen molar-refractivity contribution in [2.75, 3.05) is 31.5 Å². The molecule has 9 heteroatoms. The van der Waals surface area contributed by atoms with E-state index in [-0.39, 0.29) is 11.8 Å². The molecule has 0 unspecified atom stereocenters. The zero-order chi connectivity index (χ0) is 19.2. The van der Waals surface area contributed by atoms with Crippen LogP contribution in [0.1, 0.15) is 23.5 Å². The van der Waals surface area contributed by atoms with Gasteiger partial charge in [0.2, 0.25) is 5.91 Å². The maximum absolute atomic E-state index is 12.4. The number of likely N-dealkylation sites (tertiary alicyclic amines) is 1. The molecular formula is C18H23Cl2N5OS. The Morgan fingerprint density at radius 2 is 2.11 bits per heavy atom. The van der Waals surface area contributed by atoms with Crippen molar-refractivity contribution in [3.05, 3.63) is 38.4 Å². The molecule has 0 atom stereocenters. The predicted molar refractivity (Wildman–Crippen MR) is 111 cm³/mol. The van der Waals surface area contributed by atoms with Gasteiger partial charge in [0.1, 0.15) is 5.82 Å². The van der Waals surface area contributed by atoms with Crippen molar-refractivity contribution >= 4 is 46.3 Å². The Morgan fingerprint density at radius 3 is 2.78 bits per heavy atom. The van der Waals surface area contributed by atoms with Gasteiger partial charge in [0.25, 0.3) is 0 Å². The molecule has 0 saturated carbocycles. The van der Waals surface area contributed by atoms with Gasteiger partial charge in [-0.25, -0.2) is 9.97 Å². The third-order valence-corrected chi connectivity index (χ3v) is 5.85. The van der Waals surface area contributed by atoms with Gasteiger partial charge in [0.05, 0.1) is 20.7 Å². The summed E-state index contributed by atoms with van der Waals surface area (Å²) in [5.74, 6) is 0.771. The molecule has 0 radical (unpaired) electrons. The van der Waals surface area contributed by atoms with Crippen molar-refractivity contribution in [1.29, 1.82) is 0 Å². The molecule has 0 spiro atoms. The number of nitrogens with one attached hydrogen (secondary N) is 2. The second kappa shape index (κ2) is 9.68. The van der Waals surface area contributed by atoms with E-state index in [0.29, 0.717) is 29.0 Å². The van der Waals surface area contributed by atoms with Crippen LogP contribution < -0.4 is 10.6 Å². The minimum Gasteiger partial charge on any atom is -0.367 e. The Bertz CT molecular complexity index is 777. The number of amides is 1. The standard InChI is InChI=1S/C18H23Cl2N5OS/c1-12-24-15(11-27-12)10-25-6-2-13(3-7-25)18(26)22-5-4-21-17-16(20)8-14(19)9-23-17/h8-9,11,13H,2-7,10H2,1H3,(H,21,23)(H,22,26). The van der Waals surface area contributed by atoms with E-state index >= 15 is 0 Å². The average Bonchev–Trinajstić information content (AvgIpc) is 3.05. The van der Waals surface area contributed by atoms with Crippen molar-refractivity contribution in [3.63, 3.8) is 0 Å². The van der Waals surface area contributed by atoms with E-state index in [4.69, 9.17) is 23.2 Å². The Labute approximate surface area is 173 Å². The summed E-state index contributed by atoms with van der Waals surface area (Å²) in [6.07, 6.45) is 3.30. The summed E-state index contributed by atoms with van der Waals surface area (Å²) in [6.45, 7) is 5.84. The van der Waals surface area contributed by atoms with Crippen LogP contribution in [0.2, 0.25) is 10.0 Å². The molecule has 1 fully saturated rings. The second-order valence-corrected chi connectivity index (χ2v) is 8.52. The van der Waals surface area contributed by atoms with E-state index in [1.165, 1.54) is 6.20 Å². The number of aromatic nitrogens is 2. The minimum atomic E-state index is 0.0793. The van der Waals surface area contributed by atoms with Gasteiger partial charge in [0.15, 0.2) is 0 Å². The highest BCUT2D eigenvalue weighted by molar-refractivity contribution is 7.09. The molecule has 1 saturated heterocycles. The van der Waals surface area contributed by atoms with E-state index in [2.05, 4.69) is 30.9 Å². The monoisotopic (exact) mass is 427 g/mol. The lowest BCUT2D eigenvalue weighted by Crippen LogP contribution is -2.41. The topological polar surface area (TPSA) is 70.2 Å². The lowest BCUT2D eigenvalue weighted by Gasteiger charge is -2.30. The first-order valence-electron chi connectivity index (χ1n) is 8.97. The predicted octanol–water partition coefficient (Wildman–Crippen LogP) is 3.59. The van der Waals surface area contributed by atoms with Gasteiger partial charge in [-0.15, -0.1) is 11.3 Å². The molecule has 0 aromatic carbocycles. The van der Waals surface area contributed by atoms with Gasteiger partial charge >= 0.3 is 0 Å². The Kier molecular flexibility index (Phi) is 7.29. The van der Waals surface area contributed by atoms with Gasteiger partial charge in [-0.2, -0.15) is 0 Å². The second-order valence-electron chi connectivity index (χ2n) is 6.61. The number of hydrogen-bond acceptors (Lipinski definition) is 6. The minimum absolute atomic E-state index is 0.0793. The first kappa shape index (κ1) is 20.3. The smallest absolute Gasteiger partial charge is 0.223 e. The van der Waals surface area contributed by atoms with Gasteiger partial charge in [0, 0.05) is 37.1 Å². The van der Waals surface area contributed by atoms with Gasteiger partial charge in [-0.05, 0) is 38.9 Å². The van der Waals surface area contributed by atoms with Crippen molar-refractivity contribution in [1.82, 2.24) is 20.2 Å². The lowest BCUT2D eigenvalue weighted by molar-refractivity contribution is -0.126. The number of halogens is 2. The Balaban J connectivity index is 1.34. The number of nitrogens with zero attached hydrogens (tertiary/aromatic N) is 3. The van der Waals surface area contributed by atoms with Crippen LogP contribution in [0.3, 0.4) is 0 Å². The summed E-state index contributed by atoms with van der Waals surface area (Å²) in [5, 5.41) is 10.3. The number of hydrogen-bond donors (Lipinski definition) is 2. The Hall–Kier alpha value is -1.41. The highest BCUT2D eigenvalue weighted by atomic mass is 35.5. The van der Waals surface area contributed by atoms with Crippen LogP contribution in [0, 0.1) is 12.8 Å². The molecule has 146 valence electrons. The number of carbonyl (C=O) groups is 1. The molecule has 1 amide bonds. The number of thiazole rings is 1. The summed E-state index contributed by atoms with van der Waals surface area (Å²) in [6, 6.07) is 1.64. The number of carbonyl (C=O) groups excluding carboxylic acids is 1. The van der Waals surface area contributed by atoms with Gasteiger partial charge in [-0.1, -0.05) is 23.2 Å². The zero-order valence-electron chi connectivity index (χ0n) is 15.2. The molecule has 3 rings (SSSR count). The summed E-state index contributed by atoms with van der Waals surface area (Å²) in [4.78, 5) is 23.4. The van der Waals surface area contributed by atoms with E-state index in [0.717, 1.165) is 43.2 Å². The van der Waals surface area contributed by atoms with Crippen LogP contribution in [0.4, 0.5) is 5.82 Å². The maximum Gasteiger partial charge on any atom is 0.223 e. The first-order chi connectivity index (χ1) is 13.0. The molecule has 0 bridgehead atoms. The molecule has 2 aromatic heterocycles. The molecular weight excluding hydrogens is 405 g/mol. The van der Waals surface area contributed by atoms with Crippen molar-refractivity contribution in [3.8, 4) is 0 Å². The molecule has 2 N–H and O–H groups in total. The molecule has 1 aliphatic heterocycles. The number of rotatable bonds is 7. The van der Waals surface area contributed by atoms with Crippen molar-refractivity contribution in [2.45, 2.75) is 26.3 Å². The van der Waals surface area contributed by atoms with Crippen molar-refractivity contribution in [2.24, 2.45) is 5.92 Å². The molecule has 0 aliphatic carbocycles. The van der Waals surface area contributed by atoms with E-state index in [1.807, 2.05) is 6.92 Å². The van der Waals surface area contributed by atoms with Crippen LogP contribution in [0.5, 0.6) is 0 Å². The fourth-order valence-electron chi connectivity index (χ4n) is 3.12. The van der Waals surface area contributed by atoms with Crippen molar-refractivity contribution < 1.29 is 4.79 Å². The number of pyridine rings is 1. The van der Waals surface area contributed by atoms with E-state index in [9.17, 15) is 4.79 Å².